The number of rotatable bonds is 29. The molecule has 12 N–H and O–H groups in total. The number of nitrogens with one attached hydrogen (secondary N) is 12. The third-order valence-corrected chi connectivity index (χ3v) is 22.2. The number of morpholine rings is 4. The van der Waals surface area contributed by atoms with Gasteiger partial charge in [0.05, 0.1) is 123 Å². The van der Waals surface area contributed by atoms with Gasteiger partial charge in [0.2, 0.25) is 23.8 Å². The summed E-state index contributed by atoms with van der Waals surface area (Å²) in [6.07, 6.45) is -12.0. The lowest BCUT2D eigenvalue weighted by atomic mass is 9.96. The van der Waals surface area contributed by atoms with Crippen LogP contribution < -0.4 is 84.3 Å². The molecule has 4 fully saturated rings. The summed E-state index contributed by atoms with van der Waals surface area (Å²) in [4.78, 5) is 98.9. The first-order valence-electron chi connectivity index (χ1n) is 45.9. The monoisotopic (exact) mass is 2060 g/mol. The lowest BCUT2D eigenvalue weighted by Gasteiger charge is -2.28. The zero-order valence-corrected chi connectivity index (χ0v) is 79.5. The molecule has 50 heteroatoms. The molecule has 34 nitrogen and oxygen atoms in total. The molecule has 16 rings (SSSR count). The lowest BCUT2D eigenvalue weighted by molar-refractivity contribution is -0.138. The van der Waals surface area contributed by atoms with Crippen LogP contribution in [0.2, 0.25) is 0 Å². The van der Waals surface area contributed by atoms with Crippen molar-refractivity contribution < 1.29 is 108 Å². The number of benzene rings is 6. The van der Waals surface area contributed by atoms with E-state index < -0.39 is 93.9 Å². The third-order valence-electron chi connectivity index (χ3n) is 22.2. The Bertz CT molecular complexity index is 6550. The van der Waals surface area contributed by atoms with E-state index in [-0.39, 0.29) is 93.0 Å². The van der Waals surface area contributed by atoms with Crippen LogP contribution in [0.1, 0.15) is 146 Å². The van der Waals surface area contributed by atoms with E-state index in [4.69, 9.17) is 18.9 Å². The molecular weight excluding hydrogens is 1960 g/mol. The fraction of sp³-hybridized carbons (Fsp3) is 0.320. The fourth-order valence-corrected chi connectivity index (χ4v) is 15.0. The highest BCUT2D eigenvalue weighted by atomic mass is 19.4. The molecule has 4 aliphatic heterocycles. The van der Waals surface area contributed by atoms with Crippen LogP contribution >= 0.6 is 0 Å². The number of ether oxygens (including phenoxy) is 4. The van der Waals surface area contributed by atoms with Crippen molar-refractivity contribution in [1.82, 2.24) is 71.5 Å². The van der Waals surface area contributed by atoms with Crippen molar-refractivity contribution in [1.29, 1.82) is 0 Å². The second-order valence-corrected chi connectivity index (χ2v) is 33.4. The number of aromatic nitrogens is 10. The molecule has 0 bridgehead atoms. The highest BCUT2D eigenvalue weighted by Gasteiger charge is 2.36. The summed E-state index contributed by atoms with van der Waals surface area (Å²) in [5.74, 6) is -4.25. The smallest absolute Gasteiger partial charge is 0.378 e. The van der Waals surface area contributed by atoms with Crippen LogP contribution in [0.5, 0.6) is 0 Å². The number of alkyl halides is 12. The summed E-state index contributed by atoms with van der Waals surface area (Å²) in [7, 11) is 0. The van der Waals surface area contributed by atoms with Gasteiger partial charge in [0.1, 0.15) is 11.4 Å². The Hall–Kier alpha value is -15.9. The number of hydrogen-bond donors (Lipinski definition) is 12. The summed E-state index contributed by atoms with van der Waals surface area (Å²) in [5, 5.41) is 11.8. The molecule has 6 aromatic carbocycles. The number of hydrogen-bond acceptors (Lipinski definition) is 30. The predicted molar refractivity (Wildman–Crippen MR) is 516 cm³/mol. The molecule has 778 valence electrons. The molecule has 0 saturated carbocycles. The molecule has 10 heterocycles. The third kappa shape index (κ3) is 30.4. The molecule has 0 radical (unpaired) electrons. The van der Waals surface area contributed by atoms with Crippen molar-refractivity contribution in [3.8, 4) is 0 Å². The molecule has 4 amide bonds. The second-order valence-electron chi connectivity index (χ2n) is 33.4. The SMILES string of the molecule is CC(C)c1cc(Nc2cccc(C(F)(F)F)c2)ccc1C(=O)NNc1ncc(F)c(N2CCOCC2)n1.CC(C)c1nc(C(=O)NNc2ncc(F)c(N3CCOCC3)n2)ccc1Nc1cccc(C(F)(F)F)c1.CCCc1cc(Nc2cccc(C(F)(F)F)c2)ccc1C(=O)NNc1ncc(F)c(N2CCOCC2)n1.CCc1nc(C(=O)NNc2ncc(F)c(N3CCOCC3)n2)ccc1Nc1cccc(C(F)(F)F)c1. The number of amides is 4. The minimum absolute atomic E-state index is 0.00945. The van der Waals surface area contributed by atoms with Crippen LogP contribution in [0.25, 0.3) is 0 Å². The molecule has 4 saturated heterocycles. The number of nitrogens with zero attached hydrogens (tertiary/aromatic N) is 14. The number of carbonyl (C=O) groups excluding carboxylic acids is 4. The Morgan fingerprint density at radius 1 is 0.340 bits per heavy atom. The minimum atomic E-state index is -4.47. The predicted octanol–water partition coefficient (Wildman–Crippen LogP) is 18.4. The molecule has 0 spiro atoms. The summed E-state index contributed by atoms with van der Waals surface area (Å²) in [6, 6.07) is 35.2. The number of hydrazine groups is 4. The maximum atomic E-state index is 14.2. The Balaban J connectivity index is 0.000000164. The number of anilines is 16. The Morgan fingerprint density at radius 3 is 0.980 bits per heavy atom. The molecule has 6 aromatic heterocycles. The summed E-state index contributed by atoms with van der Waals surface area (Å²) >= 11 is 0. The van der Waals surface area contributed by atoms with Crippen LogP contribution in [-0.2, 0) is 56.5 Å². The quantitative estimate of drug-likeness (QED) is 0.0153. The van der Waals surface area contributed by atoms with Gasteiger partial charge < -0.3 is 59.8 Å². The lowest BCUT2D eigenvalue weighted by Crippen LogP contribution is -2.38. The van der Waals surface area contributed by atoms with E-state index in [9.17, 15) is 89.4 Å². The number of pyridine rings is 2. The summed E-state index contributed by atoms with van der Waals surface area (Å²) in [6.45, 7) is 18.7. The first kappa shape index (κ1) is 108. The van der Waals surface area contributed by atoms with Crippen LogP contribution in [0, 0.1) is 23.3 Å². The zero-order valence-electron chi connectivity index (χ0n) is 79.5. The van der Waals surface area contributed by atoms with Crippen molar-refractivity contribution in [3.05, 3.63) is 273 Å². The highest BCUT2D eigenvalue weighted by molar-refractivity contribution is 5.98. The first-order valence-corrected chi connectivity index (χ1v) is 45.9. The van der Waals surface area contributed by atoms with Gasteiger partial charge in [-0.15, -0.1) is 0 Å². The minimum Gasteiger partial charge on any atom is -0.378 e. The van der Waals surface area contributed by atoms with Crippen molar-refractivity contribution in [2.24, 2.45) is 0 Å². The van der Waals surface area contributed by atoms with Gasteiger partial charge in [0.25, 0.3) is 23.6 Å². The molecule has 4 aliphatic rings. The standard InChI is InChI=1S/2C25H26F4N6O2.C24H25F4N7O2.C23H23F4N7O2/c1-15(2)20-13-18(31-17-5-3-4-16(12-17)25(27,28)29)6-7-19(20)23(36)33-34-24-30-14-21(26)22(32-24)35-8-10-37-11-9-35;1-2-4-16-13-19(31-18-6-3-5-17(14-18)25(27,28)29)7-8-20(16)23(36)33-34-24-30-15-21(26)22(32-24)35-9-11-37-12-10-35;1-14(2)20-18(30-16-5-3-4-15(12-16)24(26,27)28)6-7-19(31-20)22(36)33-34-23-29-13-17(25)21(32-23)35-8-10-37-11-9-35;1-2-17-18(29-15-5-3-4-14(12-15)23(25,26)27)6-7-19(30-17)21(35)32-33-22-28-13-16(24)20(31-22)34-8-10-36-11-9-34/h3-7,12-15,31H,8-11H2,1-2H3,(H,33,36)(H,30,32,34);3,5-8,13-15,31H,2,4,9-12H2,1H3,(H,33,36)(H,30,32,34);3-7,12-14,30H,8-11H2,1-2H3,(H,33,36)(H,29,32,34);3-7,12-13,29H,2,8-11H2,1H3,(H,32,35)(H,28,31,33). The van der Waals surface area contributed by atoms with E-state index in [0.717, 1.165) is 79.7 Å². The first-order chi connectivity index (χ1) is 70.2. The molecule has 0 aliphatic carbocycles. The topological polar surface area (TPSA) is 391 Å². The molecule has 0 unspecified atom stereocenters. The molecule has 12 aromatic rings. The van der Waals surface area contributed by atoms with Crippen molar-refractivity contribution in [3.63, 3.8) is 0 Å². The Labute approximate surface area is 830 Å². The van der Waals surface area contributed by atoms with Crippen molar-refractivity contribution in [2.75, 3.05) is 168 Å². The number of halogens is 16. The molecule has 147 heavy (non-hydrogen) atoms. The summed E-state index contributed by atoms with van der Waals surface area (Å²) < 4.78 is 234. The van der Waals surface area contributed by atoms with E-state index in [1.54, 1.807) is 75.1 Å². The van der Waals surface area contributed by atoms with Gasteiger partial charge in [-0.2, -0.15) is 72.6 Å². The van der Waals surface area contributed by atoms with Gasteiger partial charge in [0, 0.05) is 97.6 Å². The van der Waals surface area contributed by atoms with Crippen LogP contribution in [0.4, 0.5) is 163 Å². The number of aryl methyl sites for hydroxylation is 2. The maximum absolute atomic E-state index is 14.2. The van der Waals surface area contributed by atoms with Crippen LogP contribution in [0.15, 0.2) is 183 Å². The van der Waals surface area contributed by atoms with Crippen LogP contribution in [-0.4, -0.2) is 179 Å². The van der Waals surface area contributed by atoms with E-state index >= 15 is 0 Å². The second kappa shape index (κ2) is 49.6. The van der Waals surface area contributed by atoms with E-state index in [2.05, 4.69) is 115 Å². The van der Waals surface area contributed by atoms with E-state index in [0.29, 0.717) is 174 Å². The normalized spacial score (nSPS) is 13.9. The molecular formula is C97H100F16N26O8. The largest absolute Gasteiger partial charge is 0.416 e. The van der Waals surface area contributed by atoms with Gasteiger partial charge >= 0.3 is 24.7 Å². The average Bonchev–Trinajstić information content (AvgIpc) is 0.818. The summed E-state index contributed by atoms with van der Waals surface area (Å²) in [5.41, 5.74) is 23.4. The van der Waals surface area contributed by atoms with Gasteiger partial charge in [-0.25, -0.2) is 47.5 Å². The Morgan fingerprint density at radius 2 is 0.646 bits per heavy atom. The van der Waals surface area contributed by atoms with Gasteiger partial charge in [0.15, 0.2) is 46.5 Å². The van der Waals surface area contributed by atoms with Crippen molar-refractivity contribution >= 4 is 116 Å². The van der Waals surface area contributed by atoms with Gasteiger partial charge in [-0.3, -0.25) is 62.6 Å². The van der Waals surface area contributed by atoms with E-state index in [1.165, 1.54) is 60.7 Å². The van der Waals surface area contributed by atoms with Gasteiger partial charge in [-0.1, -0.05) is 72.2 Å². The zero-order chi connectivity index (χ0) is 105. The fourth-order valence-electron chi connectivity index (χ4n) is 15.0. The molecule has 0 atom stereocenters. The maximum Gasteiger partial charge on any atom is 0.416 e. The average molecular weight is 2060 g/mol. The van der Waals surface area contributed by atoms with Crippen LogP contribution in [0.3, 0.4) is 0 Å². The number of carbonyl (C=O) groups is 4. The van der Waals surface area contributed by atoms with Gasteiger partial charge in [-0.05, 0) is 169 Å². The highest BCUT2D eigenvalue weighted by Crippen LogP contribution is 2.39. The van der Waals surface area contributed by atoms with E-state index in [1.807, 2.05) is 34.6 Å². The Kier molecular flexibility index (Phi) is 36.6. The van der Waals surface area contributed by atoms with Crippen molar-refractivity contribution in [2.45, 2.75) is 97.3 Å².